The molecule has 3 N–H and O–H groups in total. The first-order chi connectivity index (χ1) is 9.88. The maximum atomic E-state index is 12.0. The molecule has 1 aromatic rings. The summed E-state index contributed by atoms with van der Waals surface area (Å²) in [6.45, 7) is 6.22. The summed E-state index contributed by atoms with van der Waals surface area (Å²) in [6, 6.07) is 5.03. The first-order valence-corrected chi connectivity index (χ1v) is 8.14. The van der Waals surface area contributed by atoms with E-state index in [9.17, 15) is 9.90 Å². The van der Waals surface area contributed by atoms with E-state index in [1.54, 1.807) is 19.2 Å². The summed E-state index contributed by atoms with van der Waals surface area (Å²) in [4.78, 5) is 12.0. The molecule has 0 saturated carbocycles. The summed E-state index contributed by atoms with van der Waals surface area (Å²) in [5.41, 5.74) is 0.810. The molecule has 1 amide bonds. The van der Waals surface area contributed by atoms with Crippen LogP contribution in [0.25, 0.3) is 0 Å². The van der Waals surface area contributed by atoms with Gasteiger partial charge in [-0.3, -0.25) is 10.1 Å². The maximum absolute atomic E-state index is 12.0. The van der Waals surface area contributed by atoms with Crippen molar-refractivity contribution in [2.75, 3.05) is 7.05 Å². The molecule has 0 heterocycles. The van der Waals surface area contributed by atoms with Gasteiger partial charge < -0.3 is 10.4 Å². The third kappa shape index (κ3) is 5.32. The van der Waals surface area contributed by atoms with Crippen molar-refractivity contribution in [2.24, 2.45) is 5.92 Å². The molecular formula is C16H25BrN2O2. The summed E-state index contributed by atoms with van der Waals surface area (Å²) in [7, 11) is 1.65. The van der Waals surface area contributed by atoms with Gasteiger partial charge in [-0.1, -0.05) is 36.7 Å². The molecular weight excluding hydrogens is 332 g/mol. The second-order valence-electron chi connectivity index (χ2n) is 5.63. The fraction of sp³-hybridized carbons (Fsp3) is 0.562. The van der Waals surface area contributed by atoms with Gasteiger partial charge in [0.25, 0.3) is 0 Å². The molecule has 0 aliphatic heterocycles. The molecule has 1 rings (SSSR count). The number of hydrogen-bond acceptors (Lipinski definition) is 3. The standard InChI is InChI=1S/C16H25BrN2O2/c1-5-13(12-9-11(17)6-7-15(12)20)19-14(8-10(2)3)16(21)18-4/h6-7,9-10,13-14,19-20H,5,8H2,1-4H3,(H,18,21). The normalized spacial score (nSPS) is 14.0. The van der Waals surface area contributed by atoms with Crippen molar-refractivity contribution in [1.82, 2.24) is 10.6 Å². The van der Waals surface area contributed by atoms with Crippen molar-refractivity contribution in [3.8, 4) is 5.75 Å². The van der Waals surface area contributed by atoms with E-state index in [2.05, 4.69) is 40.4 Å². The molecule has 2 unspecified atom stereocenters. The van der Waals surface area contributed by atoms with Crippen LogP contribution in [-0.4, -0.2) is 24.1 Å². The Bertz CT molecular complexity index is 477. The smallest absolute Gasteiger partial charge is 0.236 e. The van der Waals surface area contributed by atoms with Crippen molar-refractivity contribution in [3.63, 3.8) is 0 Å². The van der Waals surface area contributed by atoms with E-state index in [0.717, 1.165) is 22.9 Å². The predicted octanol–water partition coefficient (Wildman–Crippen LogP) is 3.36. The predicted molar refractivity (Wildman–Crippen MR) is 89.3 cm³/mol. The zero-order valence-electron chi connectivity index (χ0n) is 13.1. The summed E-state index contributed by atoms with van der Waals surface area (Å²) in [5.74, 6) is 0.641. The van der Waals surface area contributed by atoms with E-state index in [1.807, 2.05) is 13.0 Å². The Morgan fingerprint density at radius 2 is 2.05 bits per heavy atom. The summed E-state index contributed by atoms with van der Waals surface area (Å²) >= 11 is 3.42. The lowest BCUT2D eigenvalue weighted by atomic mass is 9.98. The van der Waals surface area contributed by atoms with Gasteiger partial charge in [0, 0.05) is 23.1 Å². The molecule has 0 spiro atoms. The minimum Gasteiger partial charge on any atom is -0.508 e. The zero-order valence-corrected chi connectivity index (χ0v) is 14.7. The van der Waals surface area contributed by atoms with Gasteiger partial charge in [-0.15, -0.1) is 0 Å². The Balaban J connectivity index is 2.97. The van der Waals surface area contributed by atoms with Gasteiger partial charge in [0.05, 0.1) is 6.04 Å². The van der Waals surface area contributed by atoms with Crippen LogP contribution < -0.4 is 10.6 Å². The third-order valence-corrected chi connectivity index (χ3v) is 3.94. The van der Waals surface area contributed by atoms with Crippen molar-refractivity contribution >= 4 is 21.8 Å². The molecule has 0 aliphatic rings. The van der Waals surface area contributed by atoms with E-state index < -0.39 is 0 Å². The summed E-state index contributed by atoms with van der Waals surface area (Å²) < 4.78 is 0.913. The number of halogens is 1. The number of rotatable bonds is 7. The number of nitrogens with one attached hydrogen (secondary N) is 2. The highest BCUT2D eigenvalue weighted by Gasteiger charge is 2.23. The van der Waals surface area contributed by atoms with Crippen LogP contribution in [0.5, 0.6) is 5.75 Å². The molecule has 21 heavy (non-hydrogen) atoms. The van der Waals surface area contributed by atoms with Crippen LogP contribution in [0.1, 0.15) is 45.2 Å². The maximum Gasteiger partial charge on any atom is 0.236 e. The Morgan fingerprint density at radius 3 is 2.57 bits per heavy atom. The van der Waals surface area contributed by atoms with Gasteiger partial charge in [0.1, 0.15) is 5.75 Å². The van der Waals surface area contributed by atoms with Crippen LogP contribution >= 0.6 is 15.9 Å². The summed E-state index contributed by atoms with van der Waals surface area (Å²) in [5, 5.41) is 16.1. The summed E-state index contributed by atoms with van der Waals surface area (Å²) in [6.07, 6.45) is 1.54. The molecule has 5 heteroatoms. The fourth-order valence-electron chi connectivity index (χ4n) is 2.37. The average molecular weight is 357 g/mol. The quantitative estimate of drug-likeness (QED) is 0.701. The highest BCUT2D eigenvalue weighted by Crippen LogP contribution is 2.30. The SMILES string of the molecule is CCC(NC(CC(C)C)C(=O)NC)c1cc(Br)ccc1O. The first-order valence-electron chi connectivity index (χ1n) is 7.35. The Labute approximate surface area is 135 Å². The second kappa shape index (κ2) is 8.39. The van der Waals surface area contributed by atoms with E-state index in [-0.39, 0.29) is 23.7 Å². The third-order valence-electron chi connectivity index (χ3n) is 3.45. The Morgan fingerprint density at radius 1 is 1.38 bits per heavy atom. The van der Waals surface area contributed by atoms with Crippen molar-refractivity contribution in [1.29, 1.82) is 0 Å². The lowest BCUT2D eigenvalue weighted by molar-refractivity contribution is -0.123. The Hall–Kier alpha value is -1.07. The lowest BCUT2D eigenvalue weighted by Gasteiger charge is -2.26. The number of amides is 1. The van der Waals surface area contributed by atoms with Crippen molar-refractivity contribution in [2.45, 2.75) is 45.7 Å². The van der Waals surface area contributed by atoms with Crippen LogP contribution in [0.15, 0.2) is 22.7 Å². The van der Waals surface area contributed by atoms with Gasteiger partial charge in [0.15, 0.2) is 0 Å². The largest absolute Gasteiger partial charge is 0.508 e. The van der Waals surface area contributed by atoms with Gasteiger partial charge in [-0.05, 0) is 37.0 Å². The number of phenols is 1. The molecule has 0 saturated heterocycles. The number of hydrogen-bond donors (Lipinski definition) is 3. The van der Waals surface area contributed by atoms with Crippen LogP contribution in [-0.2, 0) is 4.79 Å². The molecule has 0 fully saturated rings. The Kier molecular flexibility index (Phi) is 7.18. The molecule has 118 valence electrons. The molecule has 0 aromatic heterocycles. The molecule has 0 bridgehead atoms. The van der Waals surface area contributed by atoms with Gasteiger partial charge >= 0.3 is 0 Å². The molecule has 0 radical (unpaired) electrons. The first kappa shape index (κ1) is 18.0. The fourth-order valence-corrected chi connectivity index (χ4v) is 2.75. The van der Waals surface area contributed by atoms with Crippen LogP contribution in [0.4, 0.5) is 0 Å². The van der Waals surface area contributed by atoms with E-state index >= 15 is 0 Å². The average Bonchev–Trinajstić information content (AvgIpc) is 2.45. The molecule has 1 aromatic carbocycles. The molecule has 4 nitrogen and oxygen atoms in total. The highest BCUT2D eigenvalue weighted by molar-refractivity contribution is 9.10. The number of phenolic OH excluding ortho intramolecular Hbond substituents is 1. The molecule has 0 aliphatic carbocycles. The number of aromatic hydroxyl groups is 1. The van der Waals surface area contributed by atoms with Gasteiger partial charge in [0.2, 0.25) is 5.91 Å². The lowest BCUT2D eigenvalue weighted by Crippen LogP contribution is -2.45. The van der Waals surface area contributed by atoms with E-state index in [0.29, 0.717) is 5.92 Å². The van der Waals surface area contributed by atoms with Crippen LogP contribution in [0.3, 0.4) is 0 Å². The van der Waals surface area contributed by atoms with Crippen LogP contribution in [0, 0.1) is 5.92 Å². The van der Waals surface area contributed by atoms with Crippen molar-refractivity contribution in [3.05, 3.63) is 28.2 Å². The molecule has 2 atom stereocenters. The monoisotopic (exact) mass is 356 g/mol. The highest BCUT2D eigenvalue weighted by atomic mass is 79.9. The number of likely N-dealkylation sites (N-methyl/N-ethyl adjacent to an activating group) is 1. The van der Waals surface area contributed by atoms with Crippen LogP contribution in [0.2, 0.25) is 0 Å². The minimum atomic E-state index is -0.265. The number of benzene rings is 1. The number of carbonyl (C=O) groups excluding carboxylic acids is 1. The second-order valence-corrected chi connectivity index (χ2v) is 6.54. The van der Waals surface area contributed by atoms with E-state index in [4.69, 9.17) is 0 Å². The topological polar surface area (TPSA) is 61.4 Å². The number of carbonyl (C=O) groups is 1. The van der Waals surface area contributed by atoms with Gasteiger partial charge in [-0.2, -0.15) is 0 Å². The van der Waals surface area contributed by atoms with E-state index in [1.165, 1.54) is 0 Å². The van der Waals surface area contributed by atoms with Crippen molar-refractivity contribution < 1.29 is 9.90 Å². The minimum absolute atomic E-state index is 0.0170. The van der Waals surface area contributed by atoms with Gasteiger partial charge in [-0.25, -0.2) is 0 Å². The zero-order chi connectivity index (χ0) is 16.0.